The smallest absolute Gasteiger partial charge is 0.223 e. The van der Waals surface area contributed by atoms with Crippen molar-refractivity contribution in [2.45, 2.75) is 38.3 Å². The lowest BCUT2D eigenvalue weighted by Crippen LogP contribution is -2.38. The number of aryl methyl sites for hydroxylation is 1. The summed E-state index contributed by atoms with van der Waals surface area (Å²) in [6.07, 6.45) is 9.06. The number of nitrogens with zero attached hydrogens (tertiary/aromatic N) is 3. The molecule has 5 heteroatoms. The molecule has 1 aliphatic heterocycles. The Bertz CT molecular complexity index is 622. The largest absolute Gasteiger partial charge is 0.497 e. The second-order valence-corrected chi connectivity index (χ2v) is 5.99. The molecule has 1 aliphatic rings. The molecule has 5 nitrogen and oxygen atoms in total. The van der Waals surface area contributed by atoms with Crippen molar-refractivity contribution in [3.8, 4) is 5.75 Å². The van der Waals surface area contributed by atoms with Crippen LogP contribution in [0.15, 0.2) is 43.0 Å². The molecule has 0 radical (unpaired) electrons. The van der Waals surface area contributed by atoms with Crippen LogP contribution in [-0.4, -0.2) is 40.1 Å². The lowest BCUT2D eigenvalue weighted by atomic mass is 10.1. The van der Waals surface area contributed by atoms with Gasteiger partial charge >= 0.3 is 0 Å². The van der Waals surface area contributed by atoms with Crippen LogP contribution < -0.4 is 4.74 Å². The quantitative estimate of drug-likeness (QED) is 0.823. The molecular weight excluding hydrogens is 290 g/mol. The number of hydrogen-bond acceptors (Lipinski definition) is 3. The Morgan fingerprint density at radius 2 is 2.17 bits per heavy atom. The van der Waals surface area contributed by atoms with Crippen LogP contribution >= 0.6 is 0 Å². The predicted molar refractivity (Wildman–Crippen MR) is 88.3 cm³/mol. The van der Waals surface area contributed by atoms with Crippen LogP contribution in [0.4, 0.5) is 0 Å². The fraction of sp³-hybridized carbons (Fsp3) is 0.444. The van der Waals surface area contributed by atoms with E-state index in [1.165, 1.54) is 5.56 Å². The number of benzene rings is 1. The van der Waals surface area contributed by atoms with Crippen molar-refractivity contribution in [1.82, 2.24) is 14.5 Å². The van der Waals surface area contributed by atoms with Crippen LogP contribution in [0.25, 0.3) is 0 Å². The maximum atomic E-state index is 12.6. The molecule has 0 N–H and O–H groups in total. The first-order valence-electron chi connectivity index (χ1n) is 8.14. The Balaban J connectivity index is 1.54. The van der Waals surface area contributed by atoms with E-state index in [4.69, 9.17) is 4.74 Å². The van der Waals surface area contributed by atoms with Crippen LogP contribution in [0.3, 0.4) is 0 Å². The normalized spacial score (nSPS) is 17.4. The maximum absolute atomic E-state index is 12.6. The topological polar surface area (TPSA) is 47.4 Å². The van der Waals surface area contributed by atoms with Gasteiger partial charge in [-0.3, -0.25) is 4.79 Å². The minimum atomic E-state index is 0.253. The molecule has 1 aromatic carbocycles. The molecular formula is C18H23N3O2. The Kier molecular flexibility index (Phi) is 4.95. The maximum Gasteiger partial charge on any atom is 0.223 e. The molecule has 122 valence electrons. The molecule has 2 heterocycles. The summed E-state index contributed by atoms with van der Waals surface area (Å²) >= 11 is 0. The van der Waals surface area contributed by atoms with Gasteiger partial charge in [0.1, 0.15) is 5.75 Å². The Morgan fingerprint density at radius 1 is 1.35 bits per heavy atom. The molecule has 0 saturated carbocycles. The number of imidazole rings is 1. The zero-order chi connectivity index (χ0) is 16.1. The number of methoxy groups -OCH3 is 1. The van der Waals surface area contributed by atoms with E-state index in [1.54, 1.807) is 13.3 Å². The first-order valence-corrected chi connectivity index (χ1v) is 8.14. The van der Waals surface area contributed by atoms with Crippen LogP contribution in [-0.2, 0) is 17.8 Å². The molecule has 1 saturated heterocycles. The fourth-order valence-corrected chi connectivity index (χ4v) is 3.18. The van der Waals surface area contributed by atoms with Crippen molar-refractivity contribution in [3.63, 3.8) is 0 Å². The van der Waals surface area contributed by atoms with Crippen LogP contribution in [0, 0.1) is 0 Å². The summed E-state index contributed by atoms with van der Waals surface area (Å²) in [6.45, 7) is 1.72. The third kappa shape index (κ3) is 3.92. The molecule has 23 heavy (non-hydrogen) atoms. The lowest BCUT2D eigenvalue weighted by molar-refractivity contribution is -0.132. The standard InChI is InChI=1S/C18H23N3O2/c1-23-17-7-4-15(5-8-17)6-9-18(22)21-11-2-3-16(21)13-20-12-10-19-14-20/h4-5,7-8,10,12,14,16H,2-3,6,9,11,13H2,1H3. The zero-order valence-corrected chi connectivity index (χ0v) is 13.5. The fourth-order valence-electron chi connectivity index (χ4n) is 3.18. The van der Waals surface area contributed by atoms with Crippen molar-refractivity contribution >= 4 is 5.91 Å². The number of hydrogen-bond donors (Lipinski definition) is 0. The third-order valence-corrected chi connectivity index (χ3v) is 4.46. The number of aromatic nitrogens is 2. The van der Waals surface area contributed by atoms with Gasteiger partial charge in [-0.1, -0.05) is 12.1 Å². The van der Waals surface area contributed by atoms with Crippen molar-refractivity contribution in [1.29, 1.82) is 0 Å². The van der Waals surface area contributed by atoms with Crippen LogP contribution in [0.1, 0.15) is 24.8 Å². The van der Waals surface area contributed by atoms with Gasteiger partial charge < -0.3 is 14.2 Å². The first kappa shape index (κ1) is 15.6. The van der Waals surface area contributed by atoms with Crippen LogP contribution in [0.5, 0.6) is 5.75 Å². The van der Waals surface area contributed by atoms with E-state index in [1.807, 2.05) is 41.7 Å². The first-order chi connectivity index (χ1) is 11.3. The third-order valence-electron chi connectivity index (χ3n) is 4.46. The summed E-state index contributed by atoms with van der Waals surface area (Å²) < 4.78 is 7.21. The highest BCUT2D eigenvalue weighted by atomic mass is 16.5. The Labute approximate surface area is 136 Å². The second-order valence-electron chi connectivity index (χ2n) is 5.99. The molecule has 1 fully saturated rings. The highest BCUT2D eigenvalue weighted by Crippen LogP contribution is 2.21. The van der Waals surface area contributed by atoms with E-state index in [-0.39, 0.29) is 5.91 Å². The van der Waals surface area contributed by atoms with Gasteiger partial charge in [0.2, 0.25) is 5.91 Å². The molecule has 1 atom stereocenters. The summed E-state index contributed by atoms with van der Waals surface area (Å²) in [5, 5.41) is 0. The van der Waals surface area contributed by atoms with E-state index < -0.39 is 0 Å². The Morgan fingerprint density at radius 3 is 2.87 bits per heavy atom. The molecule has 1 aromatic heterocycles. The average molecular weight is 313 g/mol. The van der Waals surface area contributed by atoms with Crippen LogP contribution in [0.2, 0.25) is 0 Å². The van der Waals surface area contributed by atoms with Crippen molar-refractivity contribution in [3.05, 3.63) is 48.5 Å². The highest BCUT2D eigenvalue weighted by molar-refractivity contribution is 5.77. The molecule has 1 unspecified atom stereocenters. The van der Waals surface area contributed by atoms with Gasteiger partial charge in [-0.2, -0.15) is 0 Å². The van der Waals surface area contributed by atoms with Gasteiger partial charge in [0.05, 0.1) is 13.4 Å². The van der Waals surface area contributed by atoms with E-state index in [0.29, 0.717) is 12.5 Å². The SMILES string of the molecule is COc1ccc(CCC(=O)N2CCCC2Cn2ccnc2)cc1. The lowest BCUT2D eigenvalue weighted by Gasteiger charge is -2.25. The summed E-state index contributed by atoms with van der Waals surface area (Å²) in [7, 11) is 1.66. The summed E-state index contributed by atoms with van der Waals surface area (Å²) in [5.74, 6) is 1.10. The molecule has 1 amide bonds. The van der Waals surface area contributed by atoms with Crippen molar-refractivity contribution < 1.29 is 9.53 Å². The molecule has 2 aromatic rings. The Hall–Kier alpha value is -2.30. The van der Waals surface area contributed by atoms with Crippen molar-refractivity contribution in [2.24, 2.45) is 0 Å². The average Bonchev–Trinajstić information content (AvgIpc) is 3.25. The number of carbonyl (C=O) groups is 1. The zero-order valence-electron chi connectivity index (χ0n) is 13.5. The number of likely N-dealkylation sites (tertiary alicyclic amines) is 1. The van der Waals surface area contributed by atoms with Gasteiger partial charge in [0, 0.05) is 37.9 Å². The summed E-state index contributed by atoms with van der Waals surface area (Å²) in [5.41, 5.74) is 1.17. The van der Waals surface area contributed by atoms with Gasteiger partial charge in [0.15, 0.2) is 0 Å². The van der Waals surface area contributed by atoms with E-state index in [2.05, 4.69) is 9.55 Å². The molecule has 0 aliphatic carbocycles. The van der Waals surface area contributed by atoms with E-state index in [9.17, 15) is 4.79 Å². The summed E-state index contributed by atoms with van der Waals surface area (Å²) in [4.78, 5) is 18.7. The van der Waals surface area contributed by atoms with E-state index >= 15 is 0 Å². The van der Waals surface area contributed by atoms with Gasteiger partial charge in [-0.25, -0.2) is 4.98 Å². The molecule has 0 spiro atoms. The highest BCUT2D eigenvalue weighted by Gasteiger charge is 2.28. The number of amides is 1. The monoisotopic (exact) mass is 313 g/mol. The predicted octanol–water partition coefficient (Wildman–Crippen LogP) is 2.52. The van der Waals surface area contributed by atoms with E-state index in [0.717, 1.165) is 38.1 Å². The number of ether oxygens (including phenoxy) is 1. The van der Waals surface area contributed by atoms with Gasteiger partial charge in [-0.05, 0) is 37.0 Å². The molecule has 3 rings (SSSR count). The number of rotatable bonds is 6. The second kappa shape index (κ2) is 7.31. The minimum absolute atomic E-state index is 0.253. The van der Waals surface area contributed by atoms with Crippen molar-refractivity contribution in [2.75, 3.05) is 13.7 Å². The van der Waals surface area contributed by atoms with Gasteiger partial charge in [0.25, 0.3) is 0 Å². The number of carbonyl (C=O) groups excluding carboxylic acids is 1. The van der Waals surface area contributed by atoms with Gasteiger partial charge in [-0.15, -0.1) is 0 Å². The molecule has 0 bridgehead atoms. The summed E-state index contributed by atoms with van der Waals surface area (Å²) in [6, 6.07) is 8.24. The minimum Gasteiger partial charge on any atom is -0.497 e.